The third-order valence-electron chi connectivity index (χ3n) is 2.58. The standard InChI is InChI=1S/C13H10N2S2/c1-16-13-15-12(8-17-13)10-6-7-14-11-5-3-2-4-9(10)11/h2-8H,1H3. The first-order valence-electron chi connectivity index (χ1n) is 5.22. The Hall–Kier alpha value is -1.39. The summed E-state index contributed by atoms with van der Waals surface area (Å²) in [5.74, 6) is 0. The van der Waals surface area contributed by atoms with E-state index >= 15 is 0 Å². The number of aromatic nitrogens is 2. The molecule has 0 aliphatic heterocycles. The molecule has 3 rings (SSSR count). The van der Waals surface area contributed by atoms with Gasteiger partial charge in [0.15, 0.2) is 0 Å². The summed E-state index contributed by atoms with van der Waals surface area (Å²) < 4.78 is 1.10. The van der Waals surface area contributed by atoms with Gasteiger partial charge in [-0.2, -0.15) is 0 Å². The zero-order valence-electron chi connectivity index (χ0n) is 9.25. The van der Waals surface area contributed by atoms with E-state index in [2.05, 4.69) is 21.4 Å². The third kappa shape index (κ3) is 1.94. The molecule has 1 aromatic carbocycles. The first kappa shape index (κ1) is 10.7. The number of hydrogen-bond donors (Lipinski definition) is 0. The molecule has 0 fully saturated rings. The molecule has 2 aromatic heterocycles. The van der Waals surface area contributed by atoms with Crippen LogP contribution in [0.2, 0.25) is 0 Å². The molecule has 0 radical (unpaired) electrons. The van der Waals surface area contributed by atoms with E-state index in [9.17, 15) is 0 Å². The van der Waals surface area contributed by atoms with Gasteiger partial charge in [0.05, 0.1) is 11.2 Å². The second-order valence-electron chi connectivity index (χ2n) is 3.58. The van der Waals surface area contributed by atoms with E-state index < -0.39 is 0 Å². The average Bonchev–Trinajstić information content (AvgIpc) is 2.87. The number of fused-ring (bicyclic) bond motifs is 1. The van der Waals surface area contributed by atoms with Crippen molar-refractivity contribution in [2.75, 3.05) is 6.26 Å². The van der Waals surface area contributed by atoms with E-state index in [1.165, 1.54) is 0 Å². The number of thiazole rings is 1. The van der Waals surface area contributed by atoms with Crippen molar-refractivity contribution in [3.05, 3.63) is 41.9 Å². The van der Waals surface area contributed by atoms with Crippen LogP contribution in [0.4, 0.5) is 0 Å². The summed E-state index contributed by atoms with van der Waals surface area (Å²) >= 11 is 3.37. The lowest BCUT2D eigenvalue weighted by Gasteiger charge is -2.02. The maximum absolute atomic E-state index is 4.60. The zero-order valence-corrected chi connectivity index (χ0v) is 10.9. The molecule has 0 unspecified atom stereocenters. The van der Waals surface area contributed by atoms with E-state index in [0.717, 1.165) is 26.5 Å². The fraction of sp³-hybridized carbons (Fsp3) is 0.0769. The lowest BCUT2D eigenvalue weighted by atomic mass is 10.1. The Labute approximate surface area is 108 Å². The van der Waals surface area contributed by atoms with Gasteiger partial charge in [0.25, 0.3) is 0 Å². The van der Waals surface area contributed by atoms with Gasteiger partial charge in [-0.3, -0.25) is 4.98 Å². The van der Waals surface area contributed by atoms with Gasteiger partial charge in [-0.15, -0.1) is 11.3 Å². The molecule has 0 bridgehead atoms. The second-order valence-corrected chi connectivity index (χ2v) is 5.49. The van der Waals surface area contributed by atoms with Gasteiger partial charge in [-0.25, -0.2) is 4.98 Å². The molecule has 84 valence electrons. The van der Waals surface area contributed by atoms with Crippen molar-refractivity contribution >= 4 is 34.0 Å². The zero-order chi connectivity index (χ0) is 11.7. The minimum Gasteiger partial charge on any atom is -0.256 e. The molecule has 3 aromatic rings. The van der Waals surface area contributed by atoms with Crippen LogP contribution in [-0.4, -0.2) is 16.2 Å². The van der Waals surface area contributed by atoms with Crippen molar-refractivity contribution in [3.8, 4) is 11.3 Å². The number of thioether (sulfide) groups is 1. The van der Waals surface area contributed by atoms with Crippen LogP contribution in [0.1, 0.15) is 0 Å². The van der Waals surface area contributed by atoms with Gasteiger partial charge in [-0.05, 0) is 18.4 Å². The van der Waals surface area contributed by atoms with Crippen LogP contribution < -0.4 is 0 Å². The van der Waals surface area contributed by atoms with Crippen LogP contribution >= 0.6 is 23.1 Å². The quantitative estimate of drug-likeness (QED) is 0.648. The van der Waals surface area contributed by atoms with Crippen molar-refractivity contribution in [1.29, 1.82) is 0 Å². The predicted molar refractivity (Wildman–Crippen MR) is 74.6 cm³/mol. The lowest BCUT2D eigenvalue weighted by molar-refractivity contribution is 1.26. The van der Waals surface area contributed by atoms with Crippen LogP contribution in [0.5, 0.6) is 0 Å². The van der Waals surface area contributed by atoms with Gasteiger partial charge < -0.3 is 0 Å². The Bertz CT molecular complexity index is 656. The highest BCUT2D eigenvalue weighted by Crippen LogP contribution is 2.30. The molecule has 0 aliphatic rings. The van der Waals surface area contributed by atoms with Crippen LogP contribution in [0.15, 0.2) is 46.2 Å². The van der Waals surface area contributed by atoms with Gasteiger partial charge in [0, 0.05) is 22.5 Å². The topological polar surface area (TPSA) is 25.8 Å². The molecule has 17 heavy (non-hydrogen) atoms. The Morgan fingerprint density at radius 1 is 1.18 bits per heavy atom. The molecular weight excluding hydrogens is 248 g/mol. The maximum atomic E-state index is 4.60. The Morgan fingerprint density at radius 3 is 2.88 bits per heavy atom. The highest BCUT2D eigenvalue weighted by molar-refractivity contribution is 8.00. The predicted octanol–water partition coefficient (Wildman–Crippen LogP) is 4.08. The normalized spacial score (nSPS) is 10.9. The number of hydrogen-bond acceptors (Lipinski definition) is 4. The molecule has 0 amide bonds. The molecule has 0 N–H and O–H groups in total. The first-order chi connectivity index (χ1) is 8.38. The van der Waals surface area contributed by atoms with Crippen molar-refractivity contribution in [3.63, 3.8) is 0 Å². The van der Waals surface area contributed by atoms with Crippen LogP contribution in [0, 0.1) is 0 Å². The monoisotopic (exact) mass is 258 g/mol. The molecule has 0 saturated carbocycles. The second kappa shape index (κ2) is 4.47. The van der Waals surface area contributed by atoms with Crippen molar-refractivity contribution in [1.82, 2.24) is 9.97 Å². The van der Waals surface area contributed by atoms with Crippen molar-refractivity contribution in [2.45, 2.75) is 4.34 Å². The first-order valence-corrected chi connectivity index (χ1v) is 7.32. The molecule has 0 atom stereocenters. The van der Waals surface area contributed by atoms with E-state index in [-0.39, 0.29) is 0 Å². The summed E-state index contributed by atoms with van der Waals surface area (Å²) in [6.07, 6.45) is 3.89. The molecule has 0 saturated heterocycles. The van der Waals surface area contributed by atoms with E-state index in [0.29, 0.717) is 0 Å². The Balaban J connectivity index is 2.23. The largest absolute Gasteiger partial charge is 0.256 e. The summed E-state index contributed by atoms with van der Waals surface area (Å²) in [5, 5.41) is 3.26. The number of rotatable bonds is 2. The summed E-state index contributed by atoms with van der Waals surface area (Å²) in [6, 6.07) is 10.2. The summed E-state index contributed by atoms with van der Waals surface area (Å²) in [7, 11) is 0. The smallest absolute Gasteiger partial charge is 0.150 e. The van der Waals surface area contributed by atoms with E-state index in [4.69, 9.17) is 0 Å². The number of nitrogens with zero attached hydrogens (tertiary/aromatic N) is 2. The van der Waals surface area contributed by atoms with E-state index in [1.54, 1.807) is 23.1 Å². The third-order valence-corrected chi connectivity index (χ3v) is 4.45. The molecule has 0 aliphatic carbocycles. The highest BCUT2D eigenvalue weighted by atomic mass is 32.2. The minimum atomic E-state index is 1.02. The van der Waals surface area contributed by atoms with Gasteiger partial charge in [0.2, 0.25) is 0 Å². The summed E-state index contributed by atoms with van der Waals surface area (Å²) in [5.41, 5.74) is 3.22. The number of pyridine rings is 1. The molecule has 2 nitrogen and oxygen atoms in total. The summed E-state index contributed by atoms with van der Waals surface area (Å²) in [4.78, 5) is 8.97. The van der Waals surface area contributed by atoms with Crippen LogP contribution in [0.25, 0.3) is 22.2 Å². The van der Waals surface area contributed by atoms with Crippen molar-refractivity contribution < 1.29 is 0 Å². The van der Waals surface area contributed by atoms with Crippen LogP contribution in [-0.2, 0) is 0 Å². The van der Waals surface area contributed by atoms with E-state index in [1.807, 2.05) is 36.7 Å². The maximum Gasteiger partial charge on any atom is 0.150 e. The Morgan fingerprint density at radius 2 is 2.06 bits per heavy atom. The average molecular weight is 258 g/mol. The van der Waals surface area contributed by atoms with Gasteiger partial charge in [0.1, 0.15) is 4.34 Å². The molecule has 2 heterocycles. The molecule has 4 heteroatoms. The fourth-order valence-electron chi connectivity index (χ4n) is 1.79. The molecule has 0 spiro atoms. The lowest BCUT2D eigenvalue weighted by Crippen LogP contribution is -1.83. The minimum absolute atomic E-state index is 1.02. The highest BCUT2D eigenvalue weighted by Gasteiger charge is 2.07. The van der Waals surface area contributed by atoms with Gasteiger partial charge >= 0.3 is 0 Å². The van der Waals surface area contributed by atoms with Crippen LogP contribution in [0.3, 0.4) is 0 Å². The van der Waals surface area contributed by atoms with Crippen molar-refractivity contribution in [2.24, 2.45) is 0 Å². The Kier molecular flexibility index (Phi) is 2.82. The number of benzene rings is 1. The SMILES string of the molecule is CSc1nc(-c2ccnc3ccccc23)cs1. The number of para-hydroxylation sites is 1. The summed E-state index contributed by atoms with van der Waals surface area (Å²) in [6.45, 7) is 0. The molecular formula is C13H10N2S2. The van der Waals surface area contributed by atoms with Gasteiger partial charge in [-0.1, -0.05) is 30.0 Å². The fourth-order valence-corrected chi connectivity index (χ4v) is 3.06.